The number of aliphatic hydroxyl groups excluding tert-OH is 1. The molecule has 19 heavy (non-hydrogen) atoms. The van der Waals surface area contributed by atoms with Crippen molar-refractivity contribution in [2.45, 2.75) is 25.7 Å². The van der Waals surface area contributed by atoms with E-state index in [1.54, 1.807) is 0 Å². The molecule has 0 bridgehead atoms. The van der Waals surface area contributed by atoms with E-state index in [0.717, 1.165) is 0 Å². The van der Waals surface area contributed by atoms with E-state index in [-0.39, 0.29) is 5.56 Å². The van der Waals surface area contributed by atoms with Crippen LogP contribution in [-0.4, -0.2) is 16.5 Å². The zero-order valence-electron chi connectivity index (χ0n) is 9.14. The van der Waals surface area contributed by atoms with E-state index in [1.807, 2.05) is 0 Å². The van der Waals surface area contributed by atoms with Gasteiger partial charge in [-0.1, -0.05) is 0 Å². The van der Waals surface area contributed by atoms with Gasteiger partial charge in [0, 0.05) is 23.9 Å². The van der Waals surface area contributed by atoms with E-state index in [0.29, 0.717) is 6.20 Å². The molecule has 0 aliphatic carbocycles. The highest BCUT2D eigenvalue weighted by Gasteiger charge is 2.42. The van der Waals surface area contributed by atoms with Gasteiger partial charge in [0.25, 0.3) is 0 Å². The van der Waals surface area contributed by atoms with E-state index in [2.05, 4.69) is 9.72 Å². The molecule has 10 heteroatoms. The summed E-state index contributed by atoms with van der Waals surface area (Å²) in [6.45, 7) is -1.49. The Morgan fingerprint density at radius 1 is 1.21 bits per heavy atom. The van der Waals surface area contributed by atoms with Crippen molar-refractivity contribution in [3.63, 3.8) is 0 Å². The predicted octanol–water partition coefficient (Wildman–Crippen LogP) is 1.95. The van der Waals surface area contributed by atoms with Crippen molar-refractivity contribution in [1.29, 1.82) is 0 Å². The van der Waals surface area contributed by atoms with Crippen LogP contribution in [0.5, 0.6) is 5.75 Å². The van der Waals surface area contributed by atoms with Gasteiger partial charge in [-0.15, -0.1) is 13.2 Å². The summed E-state index contributed by atoms with van der Waals surface area (Å²) < 4.78 is 77.5. The van der Waals surface area contributed by atoms with Crippen LogP contribution in [-0.2, 0) is 19.3 Å². The van der Waals surface area contributed by atoms with E-state index < -0.39 is 42.7 Å². The Hall–Kier alpha value is -1.55. The van der Waals surface area contributed by atoms with Crippen molar-refractivity contribution in [3.8, 4) is 5.75 Å². The summed E-state index contributed by atoms with van der Waals surface area (Å²) in [4.78, 5) is 2.85. The maximum atomic E-state index is 12.6. The van der Waals surface area contributed by atoms with Crippen LogP contribution in [0, 0.1) is 0 Å². The van der Waals surface area contributed by atoms with Crippen LogP contribution >= 0.6 is 0 Å². The molecule has 0 aliphatic heterocycles. The molecule has 0 atom stereocenters. The number of pyridine rings is 1. The summed E-state index contributed by atoms with van der Waals surface area (Å²) >= 11 is 0. The molecule has 1 heterocycles. The van der Waals surface area contributed by atoms with Gasteiger partial charge >= 0.3 is 12.5 Å². The van der Waals surface area contributed by atoms with E-state index in [9.17, 15) is 26.3 Å². The molecule has 0 fully saturated rings. The standard InChI is InChI=1S/C9H8F6N2O2/c10-8(11,12)7-6(19-9(13,14)15)5(1-16)4(3-18)2-17-7/h2,18H,1,3,16H2. The SMILES string of the molecule is NCc1c(CO)cnc(C(F)(F)F)c1OC(F)(F)F. The zero-order chi connectivity index (χ0) is 14.8. The smallest absolute Gasteiger partial charge is 0.403 e. The Bertz CT molecular complexity index is 457. The summed E-state index contributed by atoms with van der Waals surface area (Å²) in [5.74, 6) is -1.53. The molecule has 3 N–H and O–H groups in total. The fourth-order valence-electron chi connectivity index (χ4n) is 1.36. The second-order valence-corrected chi connectivity index (χ2v) is 3.35. The molecular formula is C9H8F6N2O2. The van der Waals surface area contributed by atoms with Gasteiger partial charge in [-0.25, -0.2) is 4.98 Å². The monoisotopic (exact) mass is 290 g/mol. The topological polar surface area (TPSA) is 68.4 Å². The molecule has 4 nitrogen and oxygen atoms in total. The van der Waals surface area contributed by atoms with Gasteiger partial charge in [0.2, 0.25) is 0 Å². The highest BCUT2D eigenvalue weighted by Crippen LogP contribution is 2.40. The molecule has 1 aromatic heterocycles. The van der Waals surface area contributed by atoms with Gasteiger partial charge in [-0.2, -0.15) is 13.2 Å². The minimum Gasteiger partial charge on any atom is -0.403 e. The molecule has 0 aliphatic rings. The number of hydrogen-bond acceptors (Lipinski definition) is 4. The van der Waals surface area contributed by atoms with Gasteiger partial charge in [0.15, 0.2) is 11.4 Å². The summed E-state index contributed by atoms with van der Waals surface area (Å²) in [6.07, 6.45) is -9.87. The van der Waals surface area contributed by atoms with Crippen molar-refractivity contribution in [2.75, 3.05) is 0 Å². The van der Waals surface area contributed by atoms with Crippen molar-refractivity contribution in [2.24, 2.45) is 5.73 Å². The minimum absolute atomic E-state index is 0.269. The number of halogens is 6. The summed E-state index contributed by atoms with van der Waals surface area (Å²) in [5.41, 5.74) is 2.40. The van der Waals surface area contributed by atoms with Crippen LogP contribution in [0.25, 0.3) is 0 Å². The maximum Gasteiger partial charge on any atom is 0.573 e. The summed E-state index contributed by atoms with van der Waals surface area (Å²) in [5, 5.41) is 8.85. The lowest BCUT2D eigenvalue weighted by atomic mass is 10.1. The summed E-state index contributed by atoms with van der Waals surface area (Å²) in [7, 11) is 0. The van der Waals surface area contributed by atoms with Crippen LogP contribution in [0.2, 0.25) is 0 Å². The molecule has 0 radical (unpaired) electrons. The Kier molecular flexibility index (Phi) is 4.25. The number of nitrogens with two attached hydrogens (primary N) is 1. The highest BCUT2D eigenvalue weighted by atomic mass is 19.4. The first kappa shape index (κ1) is 15.5. The molecule has 0 amide bonds. The first-order valence-electron chi connectivity index (χ1n) is 4.74. The van der Waals surface area contributed by atoms with E-state index >= 15 is 0 Å². The third kappa shape index (κ3) is 3.70. The second-order valence-electron chi connectivity index (χ2n) is 3.35. The normalized spacial score (nSPS) is 12.6. The van der Waals surface area contributed by atoms with E-state index in [1.165, 1.54) is 0 Å². The Morgan fingerprint density at radius 2 is 1.79 bits per heavy atom. The Balaban J connectivity index is 3.49. The van der Waals surface area contributed by atoms with E-state index in [4.69, 9.17) is 10.8 Å². The molecule has 0 saturated heterocycles. The van der Waals surface area contributed by atoms with Crippen molar-refractivity contribution in [3.05, 3.63) is 23.0 Å². The third-order valence-corrected chi connectivity index (χ3v) is 2.09. The van der Waals surface area contributed by atoms with Crippen LogP contribution in [0.3, 0.4) is 0 Å². The first-order valence-corrected chi connectivity index (χ1v) is 4.74. The molecular weight excluding hydrogens is 282 g/mol. The fraction of sp³-hybridized carbons (Fsp3) is 0.444. The Morgan fingerprint density at radius 3 is 2.16 bits per heavy atom. The largest absolute Gasteiger partial charge is 0.573 e. The number of aromatic nitrogens is 1. The lowest BCUT2D eigenvalue weighted by molar-refractivity contribution is -0.276. The molecule has 0 saturated carbocycles. The van der Waals surface area contributed by atoms with Gasteiger partial charge in [0.05, 0.1) is 6.61 Å². The highest BCUT2D eigenvalue weighted by molar-refractivity contribution is 5.43. The first-order chi connectivity index (χ1) is 8.60. The molecule has 1 rings (SSSR count). The molecule has 108 valence electrons. The second kappa shape index (κ2) is 5.21. The van der Waals surface area contributed by atoms with Gasteiger partial charge in [-0.3, -0.25) is 0 Å². The molecule has 0 aromatic carbocycles. The summed E-state index contributed by atoms with van der Waals surface area (Å²) in [6, 6.07) is 0. The van der Waals surface area contributed by atoms with Crippen molar-refractivity contribution < 1.29 is 36.2 Å². The zero-order valence-corrected chi connectivity index (χ0v) is 9.14. The number of aliphatic hydroxyl groups is 1. The van der Waals surface area contributed by atoms with Gasteiger partial charge in [0.1, 0.15) is 0 Å². The molecule has 0 unspecified atom stereocenters. The van der Waals surface area contributed by atoms with Crippen LogP contribution in [0.1, 0.15) is 16.8 Å². The quantitative estimate of drug-likeness (QED) is 0.835. The lowest BCUT2D eigenvalue weighted by Gasteiger charge is -2.19. The average molecular weight is 290 g/mol. The number of ether oxygens (including phenoxy) is 1. The lowest BCUT2D eigenvalue weighted by Crippen LogP contribution is -2.23. The van der Waals surface area contributed by atoms with Crippen LogP contribution in [0.15, 0.2) is 6.20 Å². The van der Waals surface area contributed by atoms with Crippen molar-refractivity contribution >= 4 is 0 Å². The van der Waals surface area contributed by atoms with Gasteiger partial charge in [-0.05, 0) is 0 Å². The fourth-order valence-corrected chi connectivity index (χ4v) is 1.36. The number of hydrogen-bond donors (Lipinski definition) is 2. The third-order valence-electron chi connectivity index (χ3n) is 2.09. The average Bonchev–Trinajstić information content (AvgIpc) is 2.24. The number of alkyl halides is 6. The predicted molar refractivity (Wildman–Crippen MR) is 49.7 cm³/mol. The van der Waals surface area contributed by atoms with Crippen molar-refractivity contribution in [1.82, 2.24) is 4.98 Å². The molecule has 1 aromatic rings. The molecule has 0 spiro atoms. The maximum absolute atomic E-state index is 12.6. The number of rotatable bonds is 3. The van der Waals surface area contributed by atoms with Crippen LogP contribution in [0.4, 0.5) is 26.3 Å². The Labute approximate surface area is 102 Å². The van der Waals surface area contributed by atoms with Crippen LogP contribution < -0.4 is 10.5 Å². The number of nitrogens with zero attached hydrogens (tertiary/aromatic N) is 1. The minimum atomic E-state index is -5.33. The van der Waals surface area contributed by atoms with Gasteiger partial charge < -0.3 is 15.6 Å².